The van der Waals surface area contributed by atoms with Crippen LogP contribution in [0.25, 0.3) is 0 Å². The number of carbonyl (C=O) groups is 1. The van der Waals surface area contributed by atoms with Crippen LogP contribution in [0.5, 0.6) is 0 Å². The van der Waals surface area contributed by atoms with Crippen molar-refractivity contribution in [2.24, 2.45) is 4.99 Å². The van der Waals surface area contributed by atoms with Crippen LogP contribution in [0, 0.1) is 6.92 Å². The molecule has 1 amide bonds. The molecule has 0 aliphatic rings. The van der Waals surface area contributed by atoms with Crippen molar-refractivity contribution in [2.75, 3.05) is 20.6 Å². The first-order valence-electron chi connectivity index (χ1n) is 7.58. The molecule has 1 aromatic rings. The van der Waals surface area contributed by atoms with Crippen LogP contribution in [0.1, 0.15) is 37.4 Å². The summed E-state index contributed by atoms with van der Waals surface area (Å²) in [5, 5.41) is 9.28. The van der Waals surface area contributed by atoms with Gasteiger partial charge in [-0.05, 0) is 20.3 Å². The number of aromatic nitrogens is 1. The average Bonchev–Trinajstić information content (AvgIpc) is 2.88. The molecule has 8 heteroatoms. The summed E-state index contributed by atoms with van der Waals surface area (Å²) in [5.74, 6) is 0.831. The molecule has 1 aromatic heterocycles. The largest absolute Gasteiger partial charge is 0.356 e. The Hall–Kier alpha value is -0.900. The standard InChI is InChI=1S/C15H27N5OS.HI/c1-6-11(2)18-14(21)7-8-17-15(16-4)20(5)9-13-10-22-12(3)19-13;/h10-11H,6-9H2,1-5H3,(H,16,17)(H,18,21);1H. The average molecular weight is 453 g/mol. The van der Waals surface area contributed by atoms with Gasteiger partial charge < -0.3 is 15.5 Å². The summed E-state index contributed by atoms with van der Waals surface area (Å²) in [6.45, 7) is 7.32. The van der Waals surface area contributed by atoms with Crippen molar-refractivity contribution in [3.8, 4) is 0 Å². The van der Waals surface area contributed by atoms with E-state index in [9.17, 15) is 4.79 Å². The highest BCUT2D eigenvalue weighted by molar-refractivity contribution is 14.0. The molecular weight excluding hydrogens is 425 g/mol. The third kappa shape index (κ3) is 8.50. The maximum absolute atomic E-state index is 11.7. The third-order valence-corrected chi connectivity index (χ3v) is 4.12. The summed E-state index contributed by atoms with van der Waals surface area (Å²) in [6.07, 6.45) is 1.38. The molecule has 0 radical (unpaired) electrons. The van der Waals surface area contributed by atoms with Crippen molar-refractivity contribution >= 4 is 47.2 Å². The number of carbonyl (C=O) groups excluding carboxylic acids is 1. The highest BCUT2D eigenvalue weighted by atomic mass is 127. The Labute approximate surface area is 160 Å². The van der Waals surface area contributed by atoms with Gasteiger partial charge >= 0.3 is 0 Å². The van der Waals surface area contributed by atoms with Crippen LogP contribution in [0.3, 0.4) is 0 Å². The number of guanidine groups is 1. The Morgan fingerprint density at radius 1 is 1.52 bits per heavy atom. The van der Waals surface area contributed by atoms with Gasteiger partial charge in [0.25, 0.3) is 0 Å². The van der Waals surface area contributed by atoms with E-state index in [0.29, 0.717) is 19.5 Å². The molecule has 23 heavy (non-hydrogen) atoms. The second-order valence-electron chi connectivity index (χ2n) is 5.31. The summed E-state index contributed by atoms with van der Waals surface area (Å²) in [5.41, 5.74) is 1.03. The molecule has 0 aromatic carbocycles. The number of aryl methyl sites for hydroxylation is 1. The molecule has 0 saturated carbocycles. The summed E-state index contributed by atoms with van der Waals surface area (Å²) in [4.78, 5) is 22.4. The fraction of sp³-hybridized carbons (Fsp3) is 0.667. The Morgan fingerprint density at radius 2 is 2.22 bits per heavy atom. The topological polar surface area (TPSA) is 69.6 Å². The van der Waals surface area contributed by atoms with Gasteiger partial charge in [-0.15, -0.1) is 35.3 Å². The van der Waals surface area contributed by atoms with E-state index in [-0.39, 0.29) is 35.9 Å². The normalized spacial score (nSPS) is 12.3. The highest BCUT2D eigenvalue weighted by Gasteiger charge is 2.10. The van der Waals surface area contributed by atoms with E-state index in [1.54, 1.807) is 18.4 Å². The highest BCUT2D eigenvalue weighted by Crippen LogP contribution is 2.09. The van der Waals surface area contributed by atoms with Crippen molar-refractivity contribution in [1.82, 2.24) is 20.5 Å². The number of nitrogens with zero attached hydrogens (tertiary/aromatic N) is 3. The minimum Gasteiger partial charge on any atom is -0.356 e. The first kappa shape index (κ1) is 22.1. The lowest BCUT2D eigenvalue weighted by atomic mass is 10.2. The molecule has 1 rings (SSSR count). The second kappa shape index (κ2) is 11.6. The van der Waals surface area contributed by atoms with Gasteiger partial charge in [-0.2, -0.15) is 0 Å². The van der Waals surface area contributed by atoms with Crippen LogP contribution in [-0.2, 0) is 11.3 Å². The minimum absolute atomic E-state index is 0. The monoisotopic (exact) mass is 453 g/mol. The molecule has 0 fully saturated rings. The Morgan fingerprint density at radius 3 is 2.74 bits per heavy atom. The van der Waals surface area contributed by atoms with Crippen LogP contribution in [0.4, 0.5) is 0 Å². The number of halogens is 1. The molecule has 0 bridgehead atoms. The van der Waals surface area contributed by atoms with E-state index in [1.807, 2.05) is 25.8 Å². The van der Waals surface area contributed by atoms with Crippen molar-refractivity contribution in [2.45, 2.75) is 46.2 Å². The van der Waals surface area contributed by atoms with E-state index in [0.717, 1.165) is 23.1 Å². The predicted molar refractivity (Wildman–Crippen MR) is 108 cm³/mol. The van der Waals surface area contributed by atoms with Crippen molar-refractivity contribution in [3.05, 3.63) is 16.1 Å². The molecule has 0 aliphatic heterocycles. The fourth-order valence-electron chi connectivity index (χ4n) is 1.92. The first-order chi connectivity index (χ1) is 10.5. The fourth-order valence-corrected chi connectivity index (χ4v) is 2.52. The van der Waals surface area contributed by atoms with Gasteiger partial charge in [-0.25, -0.2) is 4.98 Å². The zero-order chi connectivity index (χ0) is 16.5. The molecule has 0 saturated heterocycles. The SMILES string of the molecule is CCC(C)NC(=O)CCNC(=NC)N(C)Cc1csc(C)n1.I. The van der Waals surface area contributed by atoms with E-state index in [2.05, 4.69) is 32.9 Å². The zero-order valence-corrected chi connectivity index (χ0v) is 17.7. The van der Waals surface area contributed by atoms with E-state index in [4.69, 9.17) is 0 Å². The summed E-state index contributed by atoms with van der Waals surface area (Å²) >= 11 is 1.64. The summed E-state index contributed by atoms with van der Waals surface area (Å²) in [6, 6.07) is 0.224. The van der Waals surface area contributed by atoms with E-state index >= 15 is 0 Å². The molecule has 1 atom stereocenters. The van der Waals surface area contributed by atoms with Crippen LogP contribution >= 0.6 is 35.3 Å². The molecule has 0 spiro atoms. The van der Waals surface area contributed by atoms with E-state index < -0.39 is 0 Å². The number of hydrogen-bond donors (Lipinski definition) is 2. The van der Waals surface area contributed by atoms with Crippen molar-refractivity contribution in [1.29, 1.82) is 0 Å². The minimum atomic E-state index is 0. The smallest absolute Gasteiger partial charge is 0.221 e. The van der Waals surface area contributed by atoms with Gasteiger partial charge in [0.05, 0.1) is 17.2 Å². The van der Waals surface area contributed by atoms with Crippen molar-refractivity contribution < 1.29 is 4.79 Å². The van der Waals surface area contributed by atoms with Gasteiger partial charge in [0.2, 0.25) is 5.91 Å². The molecule has 2 N–H and O–H groups in total. The number of thiazole rings is 1. The second-order valence-corrected chi connectivity index (χ2v) is 6.38. The maximum atomic E-state index is 11.7. The molecular formula is C15H28IN5OS. The number of hydrogen-bond acceptors (Lipinski definition) is 4. The predicted octanol–water partition coefficient (Wildman–Crippen LogP) is 2.38. The number of aliphatic imine (C=N–C) groups is 1. The lowest BCUT2D eigenvalue weighted by Gasteiger charge is -2.21. The van der Waals surface area contributed by atoms with E-state index in [1.165, 1.54) is 0 Å². The summed E-state index contributed by atoms with van der Waals surface area (Å²) < 4.78 is 0. The molecule has 0 aliphatic carbocycles. The van der Waals surface area contributed by atoms with Crippen LogP contribution in [-0.4, -0.2) is 48.4 Å². The van der Waals surface area contributed by atoms with Crippen LogP contribution < -0.4 is 10.6 Å². The van der Waals surface area contributed by atoms with Gasteiger partial charge in [0.15, 0.2) is 5.96 Å². The number of nitrogens with one attached hydrogen (secondary N) is 2. The lowest BCUT2D eigenvalue weighted by molar-refractivity contribution is -0.121. The van der Waals surface area contributed by atoms with Crippen molar-refractivity contribution in [3.63, 3.8) is 0 Å². The van der Waals surface area contributed by atoms with Gasteiger partial charge in [-0.3, -0.25) is 9.79 Å². The molecule has 132 valence electrons. The lowest BCUT2D eigenvalue weighted by Crippen LogP contribution is -2.41. The maximum Gasteiger partial charge on any atom is 0.221 e. The molecule has 1 heterocycles. The Balaban J connectivity index is 0.00000484. The van der Waals surface area contributed by atoms with Crippen LogP contribution in [0.15, 0.2) is 10.4 Å². The molecule has 6 nitrogen and oxygen atoms in total. The number of rotatable bonds is 7. The van der Waals surface area contributed by atoms with Crippen LogP contribution in [0.2, 0.25) is 0 Å². The van der Waals surface area contributed by atoms with Gasteiger partial charge in [-0.1, -0.05) is 6.92 Å². The van der Waals surface area contributed by atoms with Gasteiger partial charge in [0.1, 0.15) is 0 Å². The first-order valence-corrected chi connectivity index (χ1v) is 8.46. The third-order valence-electron chi connectivity index (χ3n) is 3.29. The van der Waals surface area contributed by atoms with Gasteiger partial charge in [0, 0.05) is 38.5 Å². The quantitative estimate of drug-likeness (QED) is 0.378. The zero-order valence-electron chi connectivity index (χ0n) is 14.5. The number of amides is 1. The Kier molecular flexibility index (Phi) is 11.2. The summed E-state index contributed by atoms with van der Waals surface area (Å²) in [7, 11) is 3.70. The molecule has 1 unspecified atom stereocenters. The Bertz CT molecular complexity index is 506.